The number of aliphatic imine (C=N–C) groups is 2. The molecule has 13 heavy (non-hydrogen) atoms. The summed E-state index contributed by atoms with van der Waals surface area (Å²) in [7, 11) is 0. The van der Waals surface area contributed by atoms with Crippen LogP contribution in [0.3, 0.4) is 0 Å². The fraction of sp³-hybridized carbons (Fsp3) is 0.556. The second kappa shape index (κ2) is 4.64. The van der Waals surface area contributed by atoms with Gasteiger partial charge in [-0.2, -0.15) is 0 Å². The second-order valence-electron chi connectivity index (χ2n) is 3.12. The van der Waals surface area contributed by atoms with E-state index in [0.717, 1.165) is 25.9 Å². The van der Waals surface area contributed by atoms with Gasteiger partial charge in [0.25, 0.3) is 0 Å². The summed E-state index contributed by atoms with van der Waals surface area (Å²) in [6, 6.07) is 0.247. The lowest BCUT2D eigenvalue weighted by molar-refractivity contribution is 0.282. The Morgan fingerprint density at radius 1 is 1.62 bits per heavy atom. The van der Waals surface area contributed by atoms with E-state index in [0.29, 0.717) is 0 Å². The molecule has 1 saturated heterocycles. The molecule has 0 bridgehead atoms. The fourth-order valence-corrected chi connectivity index (χ4v) is 1.48. The van der Waals surface area contributed by atoms with Crippen molar-refractivity contribution in [2.75, 3.05) is 13.1 Å². The largest absolute Gasteiger partial charge is 0.376 e. The Hall–Kier alpha value is -1.32. The van der Waals surface area contributed by atoms with E-state index in [9.17, 15) is 0 Å². The molecule has 1 rings (SSSR count). The van der Waals surface area contributed by atoms with Crippen molar-refractivity contribution in [3.05, 3.63) is 12.8 Å². The van der Waals surface area contributed by atoms with Crippen LogP contribution in [0.5, 0.6) is 0 Å². The van der Waals surface area contributed by atoms with E-state index in [1.54, 1.807) is 0 Å². The summed E-state index contributed by atoms with van der Waals surface area (Å²) in [6.45, 7) is 9.01. The van der Waals surface area contributed by atoms with Gasteiger partial charge in [-0.25, -0.2) is 9.98 Å². The van der Waals surface area contributed by atoms with Gasteiger partial charge < -0.3 is 10.6 Å². The molecule has 0 spiro atoms. The van der Waals surface area contributed by atoms with E-state index in [2.05, 4.69) is 28.2 Å². The first kappa shape index (κ1) is 9.77. The zero-order chi connectivity index (χ0) is 9.68. The summed E-state index contributed by atoms with van der Waals surface area (Å²) in [6.07, 6.45) is 4.05. The third-order valence-corrected chi connectivity index (χ3v) is 2.16. The van der Waals surface area contributed by atoms with Crippen LogP contribution in [0.1, 0.15) is 12.8 Å². The maximum absolute atomic E-state index is 5.47. The average molecular weight is 180 g/mol. The molecular weight excluding hydrogens is 164 g/mol. The van der Waals surface area contributed by atoms with Crippen molar-refractivity contribution >= 4 is 12.7 Å². The Bertz CT molecular complexity index is 222. The lowest BCUT2D eigenvalue weighted by atomic mass is 10.1. The van der Waals surface area contributed by atoms with Gasteiger partial charge in [-0.3, -0.25) is 0 Å². The highest BCUT2D eigenvalue weighted by Crippen LogP contribution is 2.12. The summed E-state index contributed by atoms with van der Waals surface area (Å²) in [4.78, 5) is 9.94. The van der Waals surface area contributed by atoms with E-state index in [1.165, 1.54) is 0 Å². The van der Waals surface area contributed by atoms with E-state index >= 15 is 0 Å². The van der Waals surface area contributed by atoms with Gasteiger partial charge in [-0.15, -0.1) is 0 Å². The minimum atomic E-state index is 0.247. The Morgan fingerprint density at radius 2 is 2.38 bits per heavy atom. The highest BCUT2D eigenvalue weighted by molar-refractivity contribution is 5.82. The Morgan fingerprint density at radius 3 is 3.00 bits per heavy atom. The SMILES string of the molecule is C=CN1CCCC(N=C(N)N=C)C1. The first-order chi connectivity index (χ1) is 6.26. The molecule has 1 unspecified atom stereocenters. The van der Waals surface area contributed by atoms with Crippen LogP contribution in [0.2, 0.25) is 0 Å². The number of rotatable bonds is 2. The monoisotopic (exact) mass is 180 g/mol. The molecule has 0 aromatic heterocycles. The number of guanidine groups is 1. The van der Waals surface area contributed by atoms with Gasteiger partial charge in [0.1, 0.15) is 0 Å². The van der Waals surface area contributed by atoms with Crippen molar-refractivity contribution in [2.45, 2.75) is 18.9 Å². The Labute approximate surface area is 78.9 Å². The molecule has 0 amide bonds. The van der Waals surface area contributed by atoms with Crippen LogP contribution in [0, 0.1) is 0 Å². The van der Waals surface area contributed by atoms with Crippen LogP contribution in [0.25, 0.3) is 0 Å². The predicted molar refractivity (Wildman–Crippen MR) is 56.0 cm³/mol. The van der Waals surface area contributed by atoms with Crippen molar-refractivity contribution in [1.82, 2.24) is 4.90 Å². The van der Waals surface area contributed by atoms with Gasteiger partial charge in [-0.1, -0.05) is 6.58 Å². The van der Waals surface area contributed by atoms with Gasteiger partial charge in [0, 0.05) is 13.1 Å². The fourth-order valence-electron chi connectivity index (χ4n) is 1.48. The number of nitrogens with two attached hydrogens (primary N) is 1. The van der Waals surface area contributed by atoms with Gasteiger partial charge in [-0.05, 0) is 25.8 Å². The van der Waals surface area contributed by atoms with Crippen LogP contribution < -0.4 is 5.73 Å². The lowest BCUT2D eigenvalue weighted by Gasteiger charge is -2.29. The van der Waals surface area contributed by atoms with Gasteiger partial charge in [0.2, 0.25) is 5.96 Å². The second-order valence-corrected chi connectivity index (χ2v) is 3.12. The summed E-state index contributed by atoms with van der Waals surface area (Å²) in [5.74, 6) is 0.288. The van der Waals surface area contributed by atoms with Crippen LogP contribution in [-0.2, 0) is 0 Å². The summed E-state index contributed by atoms with van der Waals surface area (Å²) < 4.78 is 0. The molecule has 1 fully saturated rings. The van der Waals surface area contributed by atoms with Crippen molar-refractivity contribution in [3.63, 3.8) is 0 Å². The van der Waals surface area contributed by atoms with Crippen molar-refractivity contribution in [2.24, 2.45) is 15.7 Å². The topological polar surface area (TPSA) is 54.0 Å². The number of hydrogen-bond donors (Lipinski definition) is 1. The molecule has 0 radical (unpaired) electrons. The smallest absolute Gasteiger partial charge is 0.215 e. The predicted octanol–water partition coefficient (Wildman–Crippen LogP) is 0.610. The highest BCUT2D eigenvalue weighted by Gasteiger charge is 2.16. The minimum Gasteiger partial charge on any atom is -0.376 e. The standard InChI is InChI=1S/C9H16N4/c1-3-13-6-4-5-8(7-13)12-9(10)11-2/h3,8H,1-2,4-7H2,(H2,10,12). The van der Waals surface area contributed by atoms with E-state index in [4.69, 9.17) is 5.73 Å². The number of nitrogens with zero attached hydrogens (tertiary/aromatic N) is 3. The highest BCUT2D eigenvalue weighted by atomic mass is 15.1. The summed E-state index contributed by atoms with van der Waals surface area (Å²) >= 11 is 0. The molecular formula is C9H16N4. The summed E-state index contributed by atoms with van der Waals surface area (Å²) in [5.41, 5.74) is 5.47. The van der Waals surface area contributed by atoms with Crippen LogP contribution in [0.4, 0.5) is 0 Å². The Kier molecular flexibility index (Phi) is 3.49. The molecule has 1 aliphatic heterocycles. The van der Waals surface area contributed by atoms with Gasteiger partial charge >= 0.3 is 0 Å². The van der Waals surface area contributed by atoms with Gasteiger partial charge in [0.05, 0.1) is 6.04 Å². The molecule has 0 aromatic rings. The number of piperidine rings is 1. The lowest BCUT2D eigenvalue weighted by Crippen LogP contribution is -2.34. The third-order valence-electron chi connectivity index (χ3n) is 2.16. The third kappa shape index (κ3) is 2.89. The van der Waals surface area contributed by atoms with E-state index in [1.807, 2.05) is 6.20 Å². The van der Waals surface area contributed by atoms with Crippen molar-refractivity contribution in [3.8, 4) is 0 Å². The molecule has 1 heterocycles. The average Bonchev–Trinajstić information content (AvgIpc) is 2.18. The quantitative estimate of drug-likeness (QED) is 0.500. The maximum Gasteiger partial charge on any atom is 0.215 e. The first-order valence-corrected chi connectivity index (χ1v) is 4.43. The molecule has 0 aliphatic carbocycles. The maximum atomic E-state index is 5.47. The number of likely N-dealkylation sites (tertiary alicyclic amines) is 1. The molecule has 1 aliphatic rings. The molecule has 1 atom stereocenters. The van der Waals surface area contributed by atoms with E-state index in [-0.39, 0.29) is 12.0 Å². The first-order valence-electron chi connectivity index (χ1n) is 4.43. The molecule has 0 saturated carbocycles. The van der Waals surface area contributed by atoms with Crippen molar-refractivity contribution < 1.29 is 0 Å². The zero-order valence-electron chi connectivity index (χ0n) is 7.82. The Balaban J connectivity index is 2.51. The minimum absolute atomic E-state index is 0.247. The zero-order valence-corrected chi connectivity index (χ0v) is 7.82. The van der Waals surface area contributed by atoms with Crippen LogP contribution in [0.15, 0.2) is 22.8 Å². The molecule has 4 nitrogen and oxygen atoms in total. The van der Waals surface area contributed by atoms with Gasteiger partial charge in [0.15, 0.2) is 0 Å². The molecule has 72 valence electrons. The summed E-state index contributed by atoms with van der Waals surface area (Å²) in [5, 5.41) is 0. The molecule has 2 N–H and O–H groups in total. The molecule has 4 heteroatoms. The van der Waals surface area contributed by atoms with E-state index < -0.39 is 0 Å². The van der Waals surface area contributed by atoms with Crippen LogP contribution >= 0.6 is 0 Å². The van der Waals surface area contributed by atoms with Crippen molar-refractivity contribution in [1.29, 1.82) is 0 Å². The van der Waals surface area contributed by atoms with Crippen LogP contribution in [-0.4, -0.2) is 36.7 Å². The normalized spacial score (nSPS) is 24.2. The molecule has 0 aromatic carbocycles. The number of hydrogen-bond acceptors (Lipinski definition) is 2.